The second-order valence-corrected chi connectivity index (χ2v) is 4.65. The highest BCUT2D eigenvalue weighted by Crippen LogP contribution is 2.37. The molecular weight excluding hydrogens is 244 g/mol. The molecule has 2 unspecified atom stereocenters. The van der Waals surface area contributed by atoms with Gasteiger partial charge in [-0.05, 0) is 18.6 Å². The molecule has 14 heavy (non-hydrogen) atoms. The Hall–Kier alpha value is -0.830. The van der Waals surface area contributed by atoms with Gasteiger partial charge in [0, 0.05) is 10.7 Å². The zero-order valence-electron chi connectivity index (χ0n) is 7.65. The predicted octanol–water partition coefficient (Wildman–Crippen LogP) is 2.63. The van der Waals surface area contributed by atoms with Crippen molar-refractivity contribution < 1.29 is 9.53 Å². The molecule has 0 saturated heterocycles. The summed E-state index contributed by atoms with van der Waals surface area (Å²) in [6.45, 7) is 0.531. The Morgan fingerprint density at radius 2 is 2.07 bits per heavy atom. The molecule has 0 spiro atoms. The van der Waals surface area contributed by atoms with Crippen molar-refractivity contribution in [3.63, 3.8) is 0 Å². The molecule has 74 valence electrons. The lowest BCUT2D eigenvalue weighted by atomic mass is 10.2. The normalized spacial score (nSPS) is 24.4. The third-order valence-electron chi connectivity index (χ3n) is 2.27. The summed E-state index contributed by atoms with van der Waals surface area (Å²) in [7, 11) is 0. The Kier molecular flexibility index (Phi) is 2.87. The quantitative estimate of drug-likeness (QED) is 0.613. The van der Waals surface area contributed by atoms with Crippen molar-refractivity contribution in [3.05, 3.63) is 35.9 Å². The maximum Gasteiger partial charge on any atom is 0.338 e. The average Bonchev–Trinajstić information content (AvgIpc) is 2.92. The molecule has 1 aliphatic carbocycles. The largest absolute Gasteiger partial charge is 0.462 e. The molecule has 1 aromatic carbocycles. The lowest BCUT2D eigenvalue weighted by Crippen LogP contribution is -2.07. The van der Waals surface area contributed by atoms with E-state index in [9.17, 15) is 4.79 Å². The van der Waals surface area contributed by atoms with Crippen LogP contribution in [0.5, 0.6) is 0 Å². The van der Waals surface area contributed by atoms with Crippen LogP contribution in [0.2, 0.25) is 0 Å². The summed E-state index contributed by atoms with van der Waals surface area (Å²) in [5, 5.41) is 0. The number of ether oxygens (including phenoxy) is 1. The van der Waals surface area contributed by atoms with Gasteiger partial charge < -0.3 is 4.74 Å². The van der Waals surface area contributed by atoms with Gasteiger partial charge in [-0.1, -0.05) is 34.1 Å². The fourth-order valence-corrected chi connectivity index (χ4v) is 1.86. The van der Waals surface area contributed by atoms with Gasteiger partial charge in [-0.3, -0.25) is 0 Å². The third kappa shape index (κ3) is 2.35. The van der Waals surface area contributed by atoms with Crippen molar-refractivity contribution in [2.75, 3.05) is 6.61 Å². The van der Waals surface area contributed by atoms with E-state index in [-0.39, 0.29) is 5.97 Å². The first-order valence-corrected chi connectivity index (χ1v) is 5.55. The summed E-state index contributed by atoms with van der Waals surface area (Å²) in [6.07, 6.45) is 1.11. The number of halogens is 1. The summed E-state index contributed by atoms with van der Waals surface area (Å²) in [4.78, 5) is 12.0. The van der Waals surface area contributed by atoms with E-state index in [4.69, 9.17) is 4.74 Å². The Morgan fingerprint density at radius 1 is 1.43 bits per heavy atom. The van der Waals surface area contributed by atoms with Gasteiger partial charge in [0.15, 0.2) is 0 Å². The number of hydrogen-bond acceptors (Lipinski definition) is 2. The first-order valence-electron chi connectivity index (χ1n) is 4.63. The van der Waals surface area contributed by atoms with Crippen molar-refractivity contribution in [1.29, 1.82) is 0 Å². The van der Waals surface area contributed by atoms with Crippen LogP contribution in [0.25, 0.3) is 0 Å². The third-order valence-corrected chi connectivity index (χ3v) is 3.40. The molecule has 0 N–H and O–H groups in total. The summed E-state index contributed by atoms with van der Waals surface area (Å²) < 4.78 is 5.15. The number of carbonyl (C=O) groups is 1. The fraction of sp³-hybridized carbons (Fsp3) is 0.364. The first kappa shape index (κ1) is 9.71. The first-order chi connectivity index (χ1) is 6.77. The van der Waals surface area contributed by atoms with E-state index in [1.807, 2.05) is 18.2 Å². The number of alkyl halides is 1. The van der Waals surface area contributed by atoms with Crippen molar-refractivity contribution in [2.24, 2.45) is 5.92 Å². The van der Waals surface area contributed by atoms with Gasteiger partial charge in [-0.25, -0.2) is 4.79 Å². The van der Waals surface area contributed by atoms with Gasteiger partial charge in [-0.15, -0.1) is 0 Å². The Morgan fingerprint density at radius 3 is 2.64 bits per heavy atom. The molecule has 0 aliphatic heterocycles. The summed E-state index contributed by atoms with van der Waals surface area (Å²) in [5.41, 5.74) is 0.624. The van der Waals surface area contributed by atoms with Crippen LogP contribution in [-0.4, -0.2) is 17.4 Å². The van der Waals surface area contributed by atoms with Gasteiger partial charge in [0.25, 0.3) is 0 Å². The van der Waals surface area contributed by atoms with E-state index in [1.165, 1.54) is 0 Å². The summed E-state index contributed by atoms with van der Waals surface area (Å²) in [5.74, 6) is 0.292. The average molecular weight is 255 g/mol. The van der Waals surface area contributed by atoms with Crippen LogP contribution in [-0.2, 0) is 4.74 Å². The zero-order chi connectivity index (χ0) is 9.97. The molecule has 1 aliphatic rings. The Balaban J connectivity index is 1.84. The van der Waals surface area contributed by atoms with E-state index in [0.717, 1.165) is 6.42 Å². The van der Waals surface area contributed by atoms with Crippen molar-refractivity contribution in [2.45, 2.75) is 11.2 Å². The fourth-order valence-electron chi connectivity index (χ4n) is 1.22. The van der Waals surface area contributed by atoms with Gasteiger partial charge in [0.2, 0.25) is 0 Å². The summed E-state index contributed by atoms with van der Waals surface area (Å²) >= 11 is 3.46. The van der Waals surface area contributed by atoms with E-state index in [1.54, 1.807) is 12.1 Å². The minimum Gasteiger partial charge on any atom is -0.462 e. The molecule has 1 saturated carbocycles. The smallest absolute Gasteiger partial charge is 0.338 e. The molecule has 0 aromatic heterocycles. The van der Waals surface area contributed by atoms with E-state index in [0.29, 0.717) is 22.9 Å². The molecular formula is C11H11BrO2. The monoisotopic (exact) mass is 254 g/mol. The molecule has 3 heteroatoms. The number of carbonyl (C=O) groups excluding carboxylic acids is 1. The molecule has 2 nitrogen and oxygen atoms in total. The predicted molar refractivity (Wildman–Crippen MR) is 57.5 cm³/mol. The van der Waals surface area contributed by atoms with Crippen molar-refractivity contribution in [1.82, 2.24) is 0 Å². The molecule has 0 heterocycles. The van der Waals surface area contributed by atoms with E-state index in [2.05, 4.69) is 15.9 Å². The highest BCUT2D eigenvalue weighted by Gasteiger charge is 2.35. The second-order valence-electron chi connectivity index (χ2n) is 3.48. The molecule has 2 atom stereocenters. The SMILES string of the molecule is O=C(OCC1CC1Br)c1ccccc1. The number of hydrogen-bond donors (Lipinski definition) is 0. The van der Waals surface area contributed by atoms with Crippen LogP contribution in [0.4, 0.5) is 0 Å². The molecule has 0 amide bonds. The topological polar surface area (TPSA) is 26.3 Å². The van der Waals surface area contributed by atoms with E-state index >= 15 is 0 Å². The van der Waals surface area contributed by atoms with Crippen LogP contribution in [0.3, 0.4) is 0 Å². The maximum absolute atomic E-state index is 11.4. The van der Waals surface area contributed by atoms with E-state index < -0.39 is 0 Å². The lowest BCUT2D eigenvalue weighted by molar-refractivity contribution is 0.0487. The maximum atomic E-state index is 11.4. The van der Waals surface area contributed by atoms with Gasteiger partial charge >= 0.3 is 5.97 Å². The van der Waals surface area contributed by atoms with Crippen LogP contribution < -0.4 is 0 Å². The van der Waals surface area contributed by atoms with Crippen molar-refractivity contribution >= 4 is 21.9 Å². The molecule has 0 radical (unpaired) electrons. The second kappa shape index (κ2) is 4.13. The number of rotatable bonds is 3. The number of esters is 1. The molecule has 1 aromatic rings. The molecule has 0 bridgehead atoms. The van der Waals surface area contributed by atoms with Crippen LogP contribution >= 0.6 is 15.9 Å². The zero-order valence-corrected chi connectivity index (χ0v) is 9.24. The molecule has 1 fully saturated rings. The van der Waals surface area contributed by atoms with Crippen LogP contribution in [0.1, 0.15) is 16.8 Å². The van der Waals surface area contributed by atoms with Crippen LogP contribution in [0, 0.1) is 5.92 Å². The standard InChI is InChI=1S/C11H11BrO2/c12-10-6-9(10)7-14-11(13)8-4-2-1-3-5-8/h1-5,9-10H,6-7H2. The Bertz CT molecular complexity index is 323. The van der Waals surface area contributed by atoms with Gasteiger partial charge in [0.05, 0.1) is 12.2 Å². The lowest BCUT2D eigenvalue weighted by Gasteiger charge is -2.02. The summed E-state index contributed by atoms with van der Waals surface area (Å²) in [6, 6.07) is 9.08. The highest BCUT2D eigenvalue weighted by molar-refractivity contribution is 9.09. The number of benzene rings is 1. The van der Waals surface area contributed by atoms with Crippen molar-refractivity contribution in [3.8, 4) is 0 Å². The Labute approximate surface area is 91.4 Å². The minimum absolute atomic E-state index is 0.225. The van der Waals surface area contributed by atoms with Gasteiger partial charge in [0.1, 0.15) is 0 Å². The van der Waals surface area contributed by atoms with Crippen LogP contribution in [0.15, 0.2) is 30.3 Å². The highest BCUT2D eigenvalue weighted by atomic mass is 79.9. The van der Waals surface area contributed by atoms with Gasteiger partial charge in [-0.2, -0.15) is 0 Å². The minimum atomic E-state index is -0.225. The molecule has 2 rings (SSSR count).